The van der Waals surface area contributed by atoms with Crippen molar-refractivity contribution in [3.8, 4) is 5.88 Å². The van der Waals surface area contributed by atoms with Crippen LogP contribution >= 0.6 is 0 Å². The van der Waals surface area contributed by atoms with E-state index in [9.17, 15) is 9.59 Å². The second kappa shape index (κ2) is 5.64. The molecule has 2 rings (SSSR count). The third-order valence-electron chi connectivity index (χ3n) is 3.25. The highest BCUT2D eigenvalue weighted by molar-refractivity contribution is 5.90. The van der Waals surface area contributed by atoms with E-state index in [0.29, 0.717) is 19.4 Å². The molecular formula is C12H15N3O4. The van der Waals surface area contributed by atoms with Crippen LogP contribution in [0.5, 0.6) is 5.88 Å². The summed E-state index contributed by atoms with van der Waals surface area (Å²) in [6, 6.07) is 1.38. The molecule has 1 aromatic heterocycles. The van der Waals surface area contributed by atoms with E-state index in [0.717, 1.165) is 6.42 Å². The summed E-state index contributed by atoms with van der Waals surface area (Å²) in [4.78, 5) is 29.4. The van der Waals surface area contributed by atoms with E-state index in [1.165, 1.54) is 12.4 Å². The van der Waals surface area contributed by atoms with E-state index >= 15 is 0 Å². The Morgan fingerprint density at radius 1 is 1.42 bits per heavy atom. The number of hydrogen-bond donors (Lipinski definition) is 2. The van der Waals surface area contributed by atoms with Gasteiger partial charge in [-0.15, -0.1) is 0 Å². The van der Waals surface area contributed by atoms with Gasteiger partial charge in [0.2, 0.25) is 5.88 Å². The van der Waals surface area contributed by atoms with Crippen LogP contribution in [0.1, 0.15) is 29.8 Å². The lowest BCUT2D eigenvalue weighted by Crippen LogP contribution is -2.15. The third-order valence-corrected chi connectivity index (χ3v) is 3.25. The van der Waals surface area contributed by atoms with Crippen LogP contribution in [0.4, 0.5) is 0 Å². The van der Waals surface area contributed by atoms with Gasteiger partial charge in [0.15, 0.2) is 0 Å². The molecule has 7 heteroatoms. The molecule has 1 fully saturated rings. The quantitative estimate of drug-likeness (QED) is 0.798. The zero-order valence-corrected chi connectivity index (χ0v) is 10.3. The predicted molar refractivity (Wildman–Crippen MR) is 64.5 cm³/mol. The molecule has 1 saturated carbocycles. The van der Waals surface area contributed by atoms with E-state index in [2.05, 4.69) is 9.97 Å². The maximum absolute atomic E-state index is 10.9. The van der Waals surface area contributed by atoms with Crippen LogP contribution in [0.15, 0.2) is 12.4 Å². The summed E-state index contributed by atoms with van der Waals surface area (Å²) in [6.45, 7) is 0.388. The Kier molecular flexibility index (Phi) is 3.94. The topological polar surface area (TPSA) is 115 Å². The number of rotatable bonds is 5. The normalized spacial score (nSPS) is 22.1. The molecule has 7 nitrogen and oxygen atoms in total. The summed E-state index contributed by atoms with van der Waals surface area (Å²) in [5, 5.41) is 8.90. The van der Waals surface area contributed by atoms with Crippen LogP contribution in [0.3, 0.4) is 0 Å². The number of amides is 1. The number of ether oxygens (including phenoxy) is 1. The van der Waals surface area contributed by atoms with Gasteiger partial charge in [-0.3, -0.25) is 9.59 Å². The van der Waals surface area contributed by atoms with E-state index in [-0.39, 0.29) is 23.4 Å². The van der Waals surface area contributed by atoms with Gasteiger partial charge >= 0.3 is 5.97 Å². The zero-order chi connectivity index (χ0) is 13.8. The van der Waals surface area contributed by atoms with Crippen molar-refractivity contribution in [2.24, 2.45) is 17.6 Å². The van der Waals surface area contributed by atoms with Crippen LogP contribution in [0.25, 0.3) is 0 Å². The molecule has 0 radical (unpaired) electrons. The summed E-state index contributed by atoms with van der Waals surface area (Å²) in [6.07, 6.45) is 3.33. The first-order chi connectivity index (χ1) is 9.06. The van der Waals surface area contributed by atoms with Crippen molar-refractivity contribution in [1.82, 2.24) is 9.97 Å². The maximum Gasteiger partial charge on any atom is 0.306 e. The van der Waals surface area contributed by atoms with Gasteiger partial charge in [-0.05, 0) is 25.2 Å². The molecule has 0 spiro atoms. The molecule has 19 heavy (non-hydrogen) atoms. The number of nitrogens with zero attached hydrogens (tertiary/aromatic N) is 2. The molecule has 1 aromatic rings. The van der Waals surface area contributed by atoms with Gasteiger partial charge in [0, 0.05) is 6.07 Å². The van der Waals surface area contributed by atoms with Gasteiger partial charge in [0.05, 0.1) is 12.5 Å². The minimum Gasteiger partial charge on any atom is -0.481 e. The monoisotopic (exact) mass is 265 g/mol. The van der Waals surface area contributed by atoms with Crippen molar-refractivity contribution in [2.45, 2.75) is 19.3 Å². The van der Waals surface area contributed by atoms with Gasteiger partial charge in [-0.2, -0.15) is 0 Å². The smallest absolute Gasteiger partial charge is 0.306 e. The molecule has 1 amide bonds. The Hall–Kier alpha value is -2.18. The lowest BCUT2D eigenvalue weighted by molar-refractivity contribution is -0.141. The number of carbonyl (C=O) groups excluding carboxylic acids is 1. The van der Waals surface area contributed by atoms with Crippen LogP contribution in [0, 0.1) is 11.8 Å². The Balaban J connectivity index is 1.88. The molecule has 1 aliphatic rings. The van der Waals surface area contributed by atoms with Crippen molar-refractivity contribution in [2.75, 3.05) is 6.61 Å². The summed E-state index contributed by atoms with van der Waals surface area (Å²) >= 11 is 0. The van der Waals surface area contributed by atoms with Crippen molar-refractivity contribution >= 4 is 11.9 Å². The number of hydrogen-bond acceptors (Lipinski definition) is 5. The second-order valence-corrected chi connectivity index (χ2v) is 4.63. The first-order valence-electron chi connectivity index (χ1n) is 6.03. The number of carboxylic acid groups (broad SMARTS) is 1. The van der Waals surface area contributed by atoms with Gasteiger partial charge in [0.25, 0.3) is 5.91 Å². The van der Waals surface area contributed by atoms with E-state index in [1.807, 2.05) is 0 Å². The summed E-state index contributed by atoms with van der Waals surface area (Å²) in [5.74, 6) is -1.18. The van der Waals surface area contributed by atoms with E-state index in [4.69, 9.17) is 15.6 Å². The standard InChI is InChI=1S/C12H15N3O4/c13-11(16)9-4-10(15-6-14-9)19-5-7-1-2-8(3-7)12(17)18/h4,6-8H,1-3,5H2,(H2,13,16)(H,17,18). The highest BCUT2D eigenvalue weighted by Crippen LogP contribution is 2.31. The summed E-state index contributed by atoms with van der Waals surface area (Å²) in [5.41, 5.74) is 5.20. The molecule has 0 aliphatic heterocycles. The summed E-state index contributed by atoms with van der Waals surface area (Å²) in [7, 11) is 0. The fraction of sp³-hybridized carbons (Fsp3) is 0.500. The largest absolute Gasteiger partial charge is 0.481 e. The Bertz CT molecular complexity index is 492. The fourth-order valence-corrected chi connectivity index (χ4v) is 2.21. The van der Waals surface area contributed by atoms with Gasteiger partial charge < -0.3 is 15.6 Å². The number of aliphatic carboxylic acids is 1. The molecule has 1 heterocycles. The van der Waals surface area contributed by atoms with Crippen molar-refractivity contribution in [1.29, 1.82) is 0 Å². The molecule has 2 unspecified atom stereocenters. The average Bonchev–Trinajstić information content (AvgIpc) is 2.85. The second-order valence-electron chi connectivity index (χ2n) is 4.63. The van der Waals surface area contributed by atoms with Gasteiger partial charge in [0.1, 0.15) is 12.0 Å². The minimum atomic E-state index is -0.749. The molecule has 1 aliphatic carbocycles. The molecule has 2 atom stereocenters. The first kappa shape index (κ1) is 13.3. The highest BCUT2D eigenvalue weighted by atomic mass is 16.5. The van der Waals surface area contributed by atoms with Gasteiger partial charge in [-0.25, -0.2) is 9.97 Å². The number of carbonyl (C=O) groups is 2. The van der Waals surface area contributed by atoms with Crippen molar-refractivity contribution < 1.29 is 19.4 Å². The van der Waals surface area contributed by atoms with E-state index < -0.39 is 11.9 Å². The SMILES string of the molecule is NC(=O)c1cc(OCC2CCC(C(=O)O)C2)ncn1. The van der Waals surface area contributed by atoms with Crippen molar-refractivity contribution in [3.05, 3.63) is 18.1 Å². The minimum absolute atomic E-state index is 0.0971. The first-order valence-corrected chi connectivity index (χ1v) is 6.03. The van der Waals surface area contributed by atoms with Crippen LogP contribution in [-0.2, 0) is 4.79 Å². The molecule has 102 valence electrons. The number of primary amides is 1. The summed E-state index contributed by atoms with van der Waals surface area (Å²) < 4.78 is 5.46. The fourth-order valence-electron chi connectivity index (χ4n) is 2.21. The maximum atomic E-state index is 10.9. The zero-order valence-electron chi connectivity index (χ0n) is 10.3. The van der Waals surface area contributed by atoms with Crippen LogP contribution < -0.4 is 10.5 Å². The molecule has 0 aromatic carbocycles. The Morgan fingerprint density at radius 3 is 2.84 bits per heavy atom. The molecule has 3 N–H and O–H groups in total. The molecule has 0 saturated heterocycles. The lowest BCUT2D eigenvalue weighted by Gasteiger charge is -2.11. The molecule has 0 bridgehead atoms. The highest BCUT2D eigenvalue weighted by Gasteiger charge is 2.30. The van der Waals surface area contributed by atoms with Gasteiger partial charge in [-0.1, -0.05) is 0 Å². The predicted octanol–water partition coefficient (Wildman–Crippen LogP) is 0.455. The van der Waals surface area contributed by atoms with E-state index in [1.54, 1.807) is 0 Å². The number of aromatic nitrogens is 2. The molecular weight excluding hydrogens is 250 g/mol. The Morgan fingerprint density at radius 2 is 2.21 bits per heavy atom. The third kappa shape index (κ3) is 3.40. The number of carboxylic acids is 1. The van der Waals surface area contributed by atoms with Crippen molar-refractivity contribution in [3.63, 3.8) is 0 Å². The van der Waals surface area contributed by atoms with Crippen LogP contribution in [-0.4, -0.2) is 33.6 Å². The Labute approximate surface area is 109 Å². The van der Waals surface area contributed by atoms with Crippen LogP contribution in [0.2, 0.25) is 0 Å². The number of nitrogens with two attached hydrogens (primary N) is 1. The lowest BCUT2D eigenvalue weighted by atomic mass is 10.1. The average molecular weight is 265 g/mol.